The Morgan fingerprint density at radius 2 is 2.06 bits per heavy atom. The fourth-order valence-corrected chi connectivity index (χ4v) is 2.42. The Balaban J connectivity index is 1.85. The van der Waals surface area contributed by atoms with Gasteiger partial charge in [0.2, 0.25) is 5.79 Å². The highest BCUT2D eigenvalue weighted by Gasteiger charge is 2.37. The maximum atomic E-state index is 6.08. The molecule has 2 aliphatic rings. The molecule has 16 heavy (non-hydrogen) atoms. The third-order valence-corrected chi connectivity index (χ3v) is 3.35. The second kappa shape index (κ2) is 4.07. The number of rotatable bonds is 0. The Kier molecular flexibility index (Phi) is 2.58. The second-order valence-electron chi connectivity index (χ2n) is 4.51. The summed E-state index contributed by atoms with van der Waals surface area (Å²) in [6.45, 7) is 2.72. The van der Waals surface area contributed by atoms with E-state index in [4.69, 9.17) is 9.47 Å². The van der Waals surface area contributed by atoms with Gasteiger partial charge in [-0.25, -0.2) is 0 Å². The topological polar surface area (TPSA) is 30.5 Å². The normalized spacial score (nSPS) is 29.2. The summed E-state index contributed by atoms with van der Waals surface area (Å²) in [5, 5.41) is 3.38. The summed E-state index contributed by atoms with van der Waals surface area (Å²) in [4.78, 5) is 0. The van der Waals surface area contributed by atoms with Crippen LogP contribution in [-0.4, -0.2) is 18.9 Å². The van der Waals surface area contributed by atoms with Gasteiger partial charge in [-0.15, -0.1) is 0 Å². The van der Waals surface area contributed by atoms with Crippen molar-refractivity contribution in [2.24, 2.45) is 0 Å². The van der Waals surface area contributed by atoms with Crippen molar-refractivity contribution in [2.45, 2.75) is 31.7 Å². The average molecular weight is 219 g/mol. The van der Waals surface area contributed by atoms with Crippen molar-refractivity contribution in [3.8, 4) is 5.75 Å². The number of ether oxygens (including phenoxy) is 2. The minimum Gasteiger partial charge on any atom is -0.462 e. The smallest absolute Gasteiger partial charge is 0.212 e. The van der Waals surface area contributed by atoms with Gasteiger partial charge in [-0.3, -0.25) is 0 Å². The molecule has 2 aliphatic heterocycles. The molecule has 3 heteroatoms. The lowest BCUT2D eigenvalue weighted by atomic mass is 10.1. The van der Waals surface area contributed by atoms with Gasteiger partial charge in [0.05, 0.1) is 6.61 Å². The van der Waals surface area contributed by atoms with E-state index < -0.39 is 0 Å². The molecule has 3 nitrogen and oxygen atoms in total. The van der Waals surface area contributed by atoms with Crippen molar-refractivity contribution in [3.63, 3.8) is 0 Å². The van der Waals surface area contributed by atoms with Gasteiger partial charge in [-0.05, 0) is 19.0 Å². The van der Waals surface area contributed by atoms with Crippen molar-refractivity contribution in [2.75, 3.05) is 13.1 Å². The summed E-state index contributed by atoms with van der Waals surface area (Å²) in [5.41, 5.74) is 1.16. The Morgan fingerprint density at radius 3 is 3.06 bits per heavy atom. The van der Waals surface area contributed by atoms with E-state index in [1.807, 2.05) is 18.2 Å². The van der Waals surface area contributed by atoms with E-state index >= 15 is 0 Å². The summed E-state index contributed by atoms with van der Waals surface area (Å²) in [7, 11) is 0. The standard InChI is InChI=1S/C13H17NO2/c1-2-5-12-11(4-1)10-15-13(16-12)6-3-8-14-9-7-13/h1-2,4-5,14H,3,6-10H2. The Labute approximate surface area is 95.8 Å². The minimum atomic E-state index is -0.377. The SMILES string of the molecule is c1ccc2c(c1)COC1(CCCNCC1)O2. The van der Waals surface area contributed by atoms with Crippen LogP contribution in [-0.2, 0) is 11.3 Å². The quantitative estimate of drug-likeness (QED) is 0.724. The third-order valence-electron chi connectivity index (χ3n) is 3.35. The molecule has 1 aromatic carbocycles. The predicted octanol–water partition coefficient (Wildman–Crippen LogP) is 2.07. The molecule has 0 bridgehead atoms. The van der Waals surface area contributed by atoms with Gasteiger partial charge in [0.15, 0.2) is 0 Å². The molecule has 1 spiro atoms. The molecule has 1 saturated heterocycles. The molecule has 0 aromatic heterocycles. The van der Waals surface area contributed by atoms with Gasteiger partial charge in [0.25, 0.3) is 0 Å². The summed E-state index contributed by atoms with van der Waals surface area (Å²) in [6, 6.07) is 8.15. The predicted molar refractivity (Wildman–Crippen MR) is 61.3 cm³/mol. The first kappa shape index (κ1) is 10.1. The molecule has 86 valence electrons. The molecule has 1 atom stereocenters. The van der Waals surface area contributed by atoms with Crippen molar-refractivity contribution in [1.82, 2.24) is 5.32 Å². The fourth-order valence-electron chi connectivity index (χ4n) is 2.42. The highest BCUT2D eigenvalue weighted by atomic mass is 16.7. The lowest BCUT2D eigenvalue weighted by Crippen LogP contribution is -2.42. The average Bonchev–Trinajstić information content (AvgIpc) is 2.55. The van der Waals surface area contributed by atoms with E-state index in [0.29, 0.717) is 6.61 Å². The van der Waals surface area contributed by atoms with E-state index in [2.05, 4.69) is 11.4 Å². The van der Waals surface area contributed by atoms with Crippen LogP contribution in [0, 0.1) is 0 Å². The molecule has 0 saturated carbocycles. The number of benzene rings is 1. The summed E-state index contributed by atoms with van der Waals surface area (Å²) in [6.07, 6.45) is 3.03. The monoisotopic (exact) mass is 219 g/mol. The molecule has 1 N–H and O–H groups in total. The van der Waals surface area contributed by atoms with Gasteiger partial charge in [0.1, 0.15) is 5.75 Å². The van der Waals surface area contributed by atoms with Crippen LogP contribution in [0.1, 0.15) is 24.8 Å². The molecule has 0 amide bonds. The molecule has 1 unspecified atom stereocenters. The number of nitrogens with one attached hydrogen (secondary N) is 1. The molecule has 1 fully saturated rings. The van der Waals surface area contributed by atoms with Crippen LogP contribution < -0.4 is 10.1 Å². The largest absolute Gasteiger partial charge is 0.462 e. The summed E-state index contributed by atoms with van der Waals surface area (Å²) in [5.74, 6) is 0.619. The lowest BCUT2D eigenvalue weighted by Gasteiger charge is -2.37. The number of hydrogen-bond donors (Lipinski definition) is 1. The fraction of sp³-hybridized carbons (Fsp3) is 0.538. The Bertz CT molecular complexity index is 370. The maximum Gasteiger partial charge on any atom is 0.212 e. The first-order chi connectivity index (χ1) is 7.88. The van der Waals surface area contributed by atoms with E-state index in [-0.39, 0.29) is 5.79 Å². The lowest BCUT2D eigenvalue weighted by molar-refractivity contribution is -0.211. The minimum absolute atomic E-state index is 0.377. The number of para-hydroxylation sites is 1. The van der Waals surface area contributed by atoms with E-state index in [0.717, 1.165) is 43.7 Å². The van der Waals surface area contributed by atoms with Crippen LogP contribution in [0.5, 0.6) is 5.75 Å². The van der Waals surface area contributed by atoms with E-state index in [1.54, 1.807) is 0 Å². The Morgan fingerprint density at radius 1 is 1.12 bits per heavy atom. The molecule has 1 aromatic rings. The maximum absolute atomic E-state index is 6.08. The summed E-state index contributed by atoms with van der Waals surface area (Å²) >= 11 is 0. The highest BCUT2D eigenvalue weighted by molar-refractivity contribution is 5.34. The summed E-state index contributed by atoms with van der Waals surface area (Å²) < 4.78 is 12.0. The molecule has 0 aliphatic carbocycles. The van der Waals surface area contributed by atoms with Gasteiger partial charge in [-0.2, -0.15) is 0 Å². The molecule has 2 heterocycles. The van der Waals surface area contributed by atoms with Crippen molar-refractivity contribution < 1.29 is 9.47 Å². The van der Waals surface area contributed by atoms with Gasteiger partial charge in [0, 0.05) is 24.9 Å². The van der Waals surface area contributed by atoms with Crippen molar-refractivity contribution in [1.29, 1.82) is 0 Å². The van der Waals surface area contributed by atoms with Crippen LogP contribution in [0.15, 0.2) is 24.3 Å². The molecular weight excluding hydrogens is 202 g/mol. The zero-order chi connectivity index (χ0) is 10.8. The second-order valence-corrected chi connectivity index (χ2v) is 4.51. The van der Waals surface area contributed by atoms with E-state index in [1.165, 1.54) is 0 Å². The van der Waals surface area contributed by atoms with Crippen LogP contribution in [0.25, 0.3) is 0 Å². The first-order valence-electron chi connectivity index (χ1n) is 6.00. The van der Waals surface area contributed by atoms with Crippen molar-refractivity contribution >= 4 is 0 Å². The van der Waals surface area contributed by atoms with Crippen molar-refractivity contribution in [3.05, 3.63) is 29.8 Å². The number of fused-ring (bicyclic) bond motifs is 1. The molecule has 3 rings (SSSR count). The van der Waals surface area contributed by atoms with Crippen LogP contribution in [0.4, 0.5) is 0 Å². The third kappa shape index (κ3) is 1.81. The van der Waals surface area contributed by atoms with Crippen LogP contribution >= 0.6 is 0 Å². The zero-order valence-electron chi connectivity index (χ0n) is 9.37. The van der Waals surface area contributed by atoms with Crippen LogP contribution in [0.3, 0.4) is 0 Å². The zero-order valence-corrected chi connectivity index (χ0v) is 9.37. The highest BCUT2D eigenvalue weighted by Crippen LogP contribution is 2.36. The van der Waals surface area contributed by atoms with Crippen LogP contribution in [0.2, 0.25) is 0 Å². The van der Waals surface area contributed by atoms with Gasteiger partial charge >= 0.3 is 0 Å². The Hall–Kier alpha value is -1.06. The van der Waals surface area contributed by atoms with E-state index in [9.17, 15) is 0 Å². The van der Waals surface area contributed by atoms with Gasteiger partial charge < -0.3 is 14.8 Å². The molecular formula is C13H17NO2. The number of hydrogen-bond acceptors (Lipinski definition) is 3. The first-order valence-corrected chi connectivity index (χ1v) is 6.00. The molecule has 0 radical (unpaired) electrons. The van der Waals surface area contributed by atoms with Gasteiger partial charge in [-0.1, -0.05) is 18.2 Å².